The van der Waals surface area contributed by atoms with Gasteiger partial charge in [-0.05, 0) is 36.8 Å². The van der Waals surface area contributed by atoms with Crippen LogP contribution in [0.3, 0.4) is 0 Å². The van der Waals surface area contributed by atoms with Crippen LogP contribution in [0.4, 0.5) is 0 Å². The summed E-state index contributed by atoms with van der Waals surface area (Å²) in [4.78, 5) is 26.1. The van der Waals surface area contributed by atoms with Crippen LogP contribution in [0.1, 0.15) is 22.8 Å². The Bertz CT molecular complexity index is 876. The average molecular weight is 375 g/mol. The first-order chi connectivity index (χ1) is 12.2. The van der Waals surface area contributed by atoms with Crippen LogP contribution in [0.2, 0.25) is 0 Å². The van der Waals surface area contributed by atoms with Crippen molar-refractivity contribution in [2.45, 2.75) is 24.5 Å². The summed E-state index contributed by atoms with van der Waals surface area (Å²) >= 11 is 0. The van der Waals surface area contributed by atoms with E-state index in [1.54, 1.807) is 7.05 Å². The summed E-state index contributed by atoms with van der Waals surface area (Å²) in [5.41, 5.74) is 1.15. The second-order valence-electron chi connectivity index (χ2n) is 6.02. The molecule has 0 aliphatic heterocycles. The van der Waals surface area contributed by atoms with Crippen molar-refractivity contribution in [2.75, 3.05) is 13.3 Å². The molecule has 2 aromatic rings. The molecule has 1 amide bonds. The third kappa shape index (κ3) is 5.16. The fourth-order valence-corrected chi connectivity index (χ4v) is 2.99. The molecule has 0 heterocycles. The smallest absolute Gasteiger partial charge is 0.338 e. The second kappa shape index (κ2) is 8.14. The maximum Gasteiger partial charge on any atom is 0.338 e. The van der Waals surface area contributed by atoms with Crippen LogP contribution >= 0.6 is 0 Å². The first kappa shape index (κ1) is 19.7. The van der Waals surface area contributed by atoms with Crippen molar-refractivity contribution in [2.24, 2.45) is 0 Å². The molecule has 0 spiro atoms. The molecule has 0 saturated heterocycles. The Morgan fingerprint density at radius 1 is 1.04 bits per heavy atom. The monoisotopic (exact) mass is 375 g/mol. The number of amides is 1. The lowest BCUT2D eigenvalue weighted by Crippen LogP contribution is -2.37. The number of esters is 1. The third-order valence-electron chi connectivity index (χ3n) is 3.79. The summed E-state index contributed by atoms with van der Waals surface area (Å²) in [6.07, 6.45) is 0.134. The first-order valence-electron chi connectivity index (χ1n) is 7.98. The highest BCUT2D eigenvalue weighted by Gasteiger charge is 2.22. The summed E-state index contributed by atoms with van der Waals surface area (Å²) in [6.45, 7) is 1.91. The van der Waals surface area contributed by atoms with E-state index in [-0.39, 0.29) is 16.4 Å². The van der Waals surface area contributed by atoms with E-state index in [1.165, 1.54) is 36.1 Å². The van der Waals surface area contributed by atoms with E-state index >= 15 is 0 Å². The van der Waals surface area contributed by atoms with Gasteiger partial charge in [-0.1, -0.05) is 30.3 Å². The van der Waals surface area contributed by atoms with Crippen molar-refractivity contribution in [3.05, 3.63) is 65.7 Å². The molecule has 0 fully saturated rings. The Labute approximate surface area is 153 Å². The molecule has 138 valence electrons. The molecule has 6 nitrogen and oxygen atoms in total. The predicted octanol–water partition coefficient (Wildman–Crippen LogP) is 2.29. The lowest BCUT2D eigenvalue weighted by molar-refractivity contribution is -0.139. The standard InChI is InChI=1S/C19H21NO5S/c1-14(18(21)20(2)13-15-7-5-4-6-8-15)25-19(22)16-9-11-17(12-10-16)26(3,23)24/h4-12,14H,13H2,1-3H3/t14-/m0/s1. The zero-order valence-corrected chi connectivity index (χ0v) is 15.7. The number of hydrogen-bond donors (Lipinski definition) is 0. The van der Waals surface area contributed by atoms with Crippen molar-refractivity contribution >= 4 is 21.7 Å². The van der Waals surface area contributed by atoms with Crippen LogP contribution in [-0.2, 0) is 25.9 Å². The Morgan fingerprint density at radius 2 is 1.62 bits per heavy atom. The van der Waals surface area contributed by atoms with Gasteiger partial charge in [0.1, 0.15) is 0 Å². The highest BCUT2D eigenvalue weighted by atomic mass is 32.2. The van der Waals surface area contributed by atoms with Crippen LogP contribution in [0.5, 0.6) is 0 Å². The molecular formula is C19H21NO5S. The molecule has 26 heavy (non-hydrogen) atoms. The molecule has 2 aromatic carbocycles. The minimum Gasteiger partial charge on any atom is -0.449 e. The number of sulfone groups is 1. The summed E-state index contributed by atoms with van der Waals surface area (Å²) < 4.78 is 28.1. The van der Waals surface area contributed by atoms with Gasteiger partial charge in [-0.3, -0.25) is 4.79 Å². The summed E-state index contributed by atoms with van der Waals surface area (Å²) in [5, 5.41) is 0. The molecular weight excluding hydrogens is 354 g/mol. The molecule has 0 unspecified atom stereocenters. The summed E-state index contributed by atoms with van der Waals surface area (Å²) in [6, 6.07) is 14.9. The van der Waals surface area contributed by atoms with Crippen molar-refractivity contribution in [3.8, 4) is 0 Å². The van der Waals surface area contributed by atoms with Gasteiger partial charge in [0.2, 0.25) is 0 Å². The molecule has 0 N–H and O–H groups in total. The van der Waals surface area contributed by atoms with Gasteiger partial charge in [0.05, 0.1) is 10.5 Å². The molecule has 1 atom stereocenters. The zero-order chi connectivity index (χ0) is 19.3. The van der Waals surface area contributed by atoms with Crippen LogP contribution in [0.25, 0.3) is 0 Å². The number of rotatable bonds is 6. The Morgan fingerprint density at radius 3 is 2.15 bits per heavy atom. The molecule has 0 radical (unpaired) electrons. The van der Waals surface area contributed by atoms with E-state index in [4.69, 9.17) is 4.74 Å². The van der Waals surface area contributed by atoms with Gasteiger partial charge >= 0.3 is 5.97 Å². The number of likely N-dealkylation sites (N-methyl/N-ethyl adjacent to an activating group) is 1. The third-order valence-corrected chi connectivity index (χ3v) is 4.92. The van der Waals surface area contributed by atoms with Crippen LogP contribution in [0, 0.1) is 0 Å². The summed E-state index contributed by atoms with van der Waals surface area (Å²) in [7, 11) is -1.70. The quantitative estimate of drug-likeness (QED) is 0.724. The normalized spacial score (nSPS) is 12.3. The first-order valence-corrected chi connectivity index (χ1v) is 9.87. The number of hydrogen-bond acceptors (Lipinski definition) is 5. The number of nitrogens with zero attached hydrogens (tertiary/aromatic N) is 1. The molecule has 0 aliphatic rings. The fraction of sp³-hybridized carbons (Fsp3) is 0.263. The van der Waals surface area contributed by atoms with Gasteiger partial charge in [-0.25, -0.2) is 13.2 Å². The largest absolute Gasteiger partial charge is 0.449 e. The van der Waals surface area contributed by atoms with Gasteiger partial charge in [-0.2, -0.15) is 0 Å². The maximum atomic E-state index is 12.4. The molecule has 0 bridgehead atoms. The predicted molar refractivity (Wildman–Crippen MR) is 97.3 cm³/mol. The van der Waals surface area contributed by atoms with Gasteiger partial charge in [0.25, 0.3) is 5.91 Å². The van der Waals surface area contributed by atoms with Crippen LogP contribution in [0.15, 0.2) is 59.5 Å². The second-order valence-corrected chi connectivity index (χ2v) is 8.04. The van der Waals surface area contributed by atoms with E-state index in [0.29, 0.717) is 6.54 Å². The topological polar surface area (TPSA) is 80.8 Å². The fourth-order valence-electron chi connectivity index (χ4n) is 2.36. The lowest BCUT2D eigenvalue weighted by atomic mass is 10.2. The average Bonchev–Trinajstić information content (AvgIpc) is 2.61. The zero-order valence-electron chi connectivity index (χ0n) is 14.9. The molecule has 2 rings (SSSR count). The van der Waals surface area contributed by atoms with Gasteiger partial charge in [0, 0.05) is 19.8 Å². The van der Waals surface area contributed by atoms with Gasteiger partial charge in [-0.15, -0.1) is 0 Å². The van der Waals surface area contributed by atoms with Crippen molar-refractivity contribution < 1.29 is 22.7 Å². The van der Waals surface area contributed by atoms with Crippen LogP contribution < -0.4 is 0 Å². The maximum absolute atomic E-state index is 12.4. The van der Waals surface area contributed by atoms with Crippen molar-refractivity contribution in [1.29, 1.82) is 0 Å². The highest BCUT2D eigenvalue weighted by molar-refractivity contribution is 7.90. The highest BCUT2D eigenvalue weighted by Crippen LogP contribution is 2.13. The molecule has 0 aromatic heterocycles. The SMILES string of the molecule is C[C@H](OC(=O)c1ccc(S(C)(=O)=O)cc1)C(=O)N(C)Cc1ccccc1. The molecule has 0 saturated carbocycles. The van der Waals surface area contributed by atoms with Gasteiger partial charge in [0.15, 0.2) is 15.9 Å². The van der Waals surface area contributed by atoms with E-state index in [9.17, 15) is 18.0 Å². The Balaban J connectivity index is 1.98. The Hall–Kier alpha value is -2.67. The molecule has 7 heteroatoms. The van der Waals surface area contributed by atoms with Crippen LogP contribution in [-0.4, -0.2) is 44.6 Å². The van der Waals surface area contributed by atoms with E-state index in [2.05, 4.69) is 0 Å². The number of ether oxygens (including phenoxy) is 1. The number of carbonyl (C=O) groups excluding carboxylic acids is 2. The van der Waals surface area contributed by atoms with E-state index < -0.39 is 21.9 Å². The minimum atomic E-state index is -3.34. The molecule has 0 aliphatic carbocycles. The van der Waals surface area contributed by atoms with E-state index in [1.807, 2.05) is 30.3 Å². The van der Waals surface area contributed by atoms with E-state index in [0.717, 1.165) is 11.8 Å². The van der Waals surface area contributed by atoms with Gasteiger partial charge < -0.3 is 9.64 Å². The lowest BCUT2D eigenvalue weighted by Gasteiger charge is -2.21. The summed E-state index contributed by atoms with van der Waals surface area (Å²) in [5.74, 6) is -1.01. The minimum absolute atomic E-state index is 0.112. The van der Waals surface area contributed by atoms with Crippen molar-refractivity contribution in [3.63, 3.8) is 0 Å². The Kier molecular flexibility index (Phi) is 6.15. The van der Waals surface area contributed by atoms with Crippen molar-refractivity contribution in [1.82, 2.24) is 4.90 Å². The number of benzene rings is 2. The number of carbonyl (C=O) groups is 2.